The number of aromatic nitrogens is 4. The Bertz CT molecular complexity index is 1810. The van der Waals surface area contributed by atoms with Crippen LogP contribution in [-0.4, -0.2) is 103 Å². The molecule has 24 nitrogen and oxygen atoms in total. The maximum absolute atomic E-state index is 12.5. The number of nitrogen functional groups attached to an aromatic ring is 1. The molecule has 2 unspecified atom stereocenters. The van der Waals surface area contributed by atoms with Gasteiger partial charge in [0.25, 0.3) is 15.6 Å². The maximum Gasteiger partial charge on any atom is 1.00 e. The van der Waals surface area contributed by atoms with Gasteiger partial charge in [0.2, 0.25) is 16.9 Å². The molecule has 57 heavy (non-hydrogen) atoms. The molecule has 298 valence electrons. The first kappa shape index (κ1) is 60.4. The second-order valence-electron chi connectivity index (χ2n) is 11.7. The molecule has 0 bridgehead atoms. The summed E-state index contributed by atoms with van der Waals surface area (Å²) in [6.07, 6.45) is -4.63. The first-order chi connectivity index (χ1) is 24.6. The fourth-order valence-corrected chi connectivity index (χ4v) is 7.82. The van der Waals surface area contributed by atoms with Crippen LogP contribution in [0.25, 0.3) is 11.2 Å². The van der Waals surface area contributed by atoms with Gasteiger partial charge >= 0.3 is 118 Å². The van der Waals surface area contributed by atoms with E-state index in [1.54, 1.807) is 13.0 Å². The quantitative estimate of drug-likeness (QED) is 0.0356. The summed E-state index contributed by atoms with van der Waals surface area (Å²) in [5, 5.41) is 25.9. The minimum absolute atomic E-state index is 0. The third kappa shape index (κ3) is 19.7. The van der Waals surface area contributed by atoms with Crippen molar-refractivity contribution in [3.05, 3.63) is 24.8 Å². The fourth-order valence-electron chi connectivity index (χ4n) is 4.44. The van der Waals surface area contributed by atoms with Gasteiger partial charge in [0, 0.05) is 30.7 Å². The van der Waals surface area contributed by atoms with Crippen LogP contribution in [0.3, 0.4) is 0 Å². The number of phosphoric ester groups is 3. The zero-order valence-electron chi connectivity index (χ0n) is 32.1. The van der Waals surface area contributed by atoms with Crippen LogP contribution in [-0.2, 0) is 50.7 Å². The van der Waals surface area contributed by atoms with Gasteiger partial charge < -0.3 is 69.0 Å². The van der Waals surface area contributed by atoms with Crippen molar-refractivity contribution in [2.24, 2.45) is 5.41 Å². The predicted octanol–water partition coefficient (Wildman–Crippen LogP) is -15.3. The van der Waals surface area contributed by atoms with E-state index in [9.17, 15) is 57.9 Å². The van der Waals surface area contributed by atoms with E-state index >= 15 is 0 Å². The molecule has 1 aliphatic heterocycles. The summed E-state index contributed by atoms with van der Waals surface area (Å²) < 4.78 is 60.3. The van der Waals surface area contributed by atoms with Gasteiger partial charge in [0.1, 0.15) is 36.3 Å². The fraction of sp³-hybridized carbons (Fsp3) is 0.600. The summed E-state index contributed by atoms with van der Waals surface area (Å²) in [6.45, 7) is 1.76. The number of nitrogens with two attached hydrogens (primary N) is 1. The molecule has 0 saturated carbocycles. The van der Waals surface area contributed by atoms with Crippen LogP contribution in [0.2, 0.25) is 0 Å². The van der Waals surface area contributed by atoms with E-state index in [1.807, 2.05) is 0 Å². The number of imidazole rings is 1. The first-order valence-corrected chi connectivity index (χ1v) is 20.5. The van der Waals surface area contributed by atoms with Crippen LogP contribution in [0.4, 0.5) is 5.82 Å². The topological polar surface area (TPSA) is 375 Å². The molecule has 2 amide bonds. The van der Waals surface area contributed by atoms with Crippen molar-refractivity contribution < 1.29 is 199 Å². The van der Waals surface area contributed by atoms with Crippen LogP contribution >= 0.6 is 35.2 Å². The Morgan fingerprint density at radius 2 is 1.68 bits per heavy atom. The summed E-state index contributed by atoms with van der Waals surface area (Å²) >= 11 is 0.996. The number of carbonyl (C=O) groups is 3. The van der Waals surface area contributed by atoms with E-state index in [-0.39, 0.29) is 160 Å². The number of fused-ring (bicyclic) bond motifs is 1. The largest absolute Gasteiger partial charge is 1.00 e. The number of aliphatic hydroxyl groups is 2. The van der Waals surface area contributed by atoms with Gasteiger partial charge in [-0.3, -0.25) is 28.1 Å². The third-order valence-electron chi connectivity index (χ3n) is 7.02. The number of hydrogen-bond acceptors (Lipinski definition) is 22. The molecule has 2 aromatic rings. The summed E-state index contributed by atoms with van der Waals surface area (Å²) in [5.74, 6) is -1.24. The molecule has 32 heteroatoms. The second-order valence-corrected chi connectivity index (χ2v) is 16.8. The number of thioether (sulfide) groups is 1. The summed E-state index contributed by atoms with van der Waals surface area (Å²) in [6, 6.07) is 0. The van der Waals surface area contributed by atoms with Gasteiger partial charge in [0.05, 0.1) is 27.4 Å². The van der Waals surface area contributed by atoms with E-state index in [1.165, 1.54) is 19.9 Å². The smallest absolute Gasteiger partial charge is 0.790 e. The Labute approximate surface area is 418 Å². The standard InChI is InChI=1S/C25H40N7O17P3S.4Na/c1-4-5-16(34)53-9-8-27-15(33)6-7-28-23(37)20(36)25(2,3)11-46-52(43,44)49-51(41,42)45-10-14-19(48-50(38,39)40)18(35)24(47-14)32-13-31-17-21(26)29-12-30-22(17)32;;;;/h4-5,12-14,18-20,24,35-36H,6-11H2,1-3H3,(H,27,33)(H,28,37)(H,41,42)(H,43,44)(H2,26,29,30)(H2,38,39,40);;;;/q;4*+1/p-4/b5-4+;;;;/t14-,18-,19-,20+,24-;;;;/m1..../s1. The number of carbonyl (C=O) groups excluding carboxylic acids is 3. The average Bonchev–Trinajstić information content (AvgIpc) is 3.61. The maximum atomic E-state index is 12.5. The average molecular weight is 924 g/mol. The molecular weight excluding hydrogens is 887 g/mol. The second kappa shape index (κ2) is 26.8. The van der Waals surface area contributed by atoms with Gasteiger partial charge in [0.15, 0.2) is 17.7 Å². The summed E-state index contributed by atoms with van der Waals surface area (Å²) in [4.78, 5) is 95.1. The van der Waals surface area contributed by atoms with Gasteiger partial charge in [-0.25, -0.2) is 19.3 Å². The number of anilines is 1. The predicted molar refractivity (Wildman–Crippen MR) is 173 cm³/mol. The van der Waals surface area contributed by atoms with Crippen molar-refractivity contribution in [1.82, 2.24) is 30.2 Å². The normalized spacial score (nSPS) is 20.8. The number of phosphoric acid groups is 3. The molecule has 1 aliphatic rings. The summed E-state index contributed by atoms with van der Waals surface area (Å²) in [5.41, 5.74) is 4.06. The molecule has 1 saturated heterocycles. The zero-order chi connectivity index (χ0) is 39.8. The Morgan fingerprint density at radius 1 is 1.05 bits per heavy atom. The van der Waals surface area contributed by atoms with Gasteiger partial charge in [-0.15, -0.1) is 0 Å². The Kier molecular flexibility index (Phi) is 28.4. The van der Waals surface area contributed by atoms with Crippen LogP contribution in [0.1, 0.15) is 33.4 Å². The van der Waals surface area contributed by atoms with E-state index < -0.39 is 84.6 Å². The van der Waals surface area contributed by atoms with Gasteiger partial charge in [-0.2, -0.15) is 0 Å². The van der Waals surface area contributed by atoms with Crippen molar-refractivity contribution >= 4 is 69.1 Å². The molecule has 0 aliphatic carbocycles. The van der Waals surface area contributed by atoms with Crippen LogP contribution in [0.15, 0.2) is 24.8 Å². The summed E-state index contributed by atoms with van der Waals surface area (Å²) in [7, 11) is -17.6. The number of nitrogens with zero attached hydrogens (tertiary/aromatic N) is 4. The first-order valence-electron chi connectivity index (χ1n) is 15.2. The molecular formula is C25H36N7Na4O17P3S. The molecule has 3 rings (SSSR count). The molecule has 2 aromatic heterocycles. The number of nitrogens with one attached hydrogen (secondary N) is 2. The Hall–Kier alpha value is 1.30. The van der Waals surface area contributed by atoms with Gasteiger partial charge in [-0.05, 0) is 13.0 Å². The van der Waals surface area contributed by atoms with Crippen molar-refractivity contribution in [2.45, 2.75) is 57.8 Å². The molecule has 0 radical (unpaired) electrons. The van der Waals surface area contributed by atoms with Crippen LogP contribution in [0.5, 0.6) is 0 Å². The molecule has 6 N–H and O–H groups in total. The zero-order valence-corrected chi connectivity index (χ0v) is 43.6. The Balaban J connectivity index is 0. The third-order valence-corrected chi connectivity index (χ3v) is 10.9. The molecule has 1 fully saturated rings. The van der Waals surface area contributed by atoms with E-state index in [2.05, 4.69) is 43.5 Å². The van der Waals surface area contributed by atoms with Crippen molar-refractivity contribution in [3.63, 3.8) is 0 Å². The SMILES string of the molecule is C/C=C/C(=O)SCCNC(=O)CCNC(=O)[C@H](O)C(C)(C)COP(=O)([O-])OP(=O)([O-])OC[C@H]1O[C@@H](n2cnc3c(N)ncnc32)[C@H](O)[C@@H]1OP(=O)([O-])[O-].[Na+].[Na+].[Na+].[Na+]. The number of rotatable bonds is 20. The van der Waals surface area contributed by atoms with Crippen LogP contribution in [0, 0.1) is 5.41 Å². The number of amides is 2. The Morgan fingerprint density at radius 3 is 2.30 bits per heavy atom. The van der Waals surface area contributed by atoms with Crippen molar-refractivity contribution in [1.29, 1.82) is 0 Å². The monoisotopic (exact) mass is 923 g/mol. The van der Waals surface area contributed by atoms with Crippen LogP contribution < -0.4 is 154 Å². The van der Waals surface area contributed by atoms with E-state index in [0.29, 0.717) is 5.75 Å². The minimum atomic E-state index is -5.91. The van der Waals surface area contributed by atoms with E-state index in [0.717, 1.165) is 29.0 Å². The molecule has 0 spiro atoms. The molecule has 3 heterocycles. The number of aliphatic hydroxyl groups excluding tert-OH is 2. The minimum Gasteiger partial charge on any atom is -0.790 e. The molecule has 0 aromatic carbocycles. The molecule has 7 atom stereocenters. The van der Waals surface area contributed by atoms with Crippen molar-refractivity contribution in [2.75, 3.05) is 37.8 Å². The number of allylic oxidation sites excluding steroid dienone is 1. The van der Waals surface area contributed by atoms with Crippen molar-refractivity contribution in [3.8, 4) is 0 Å². The van der Waals surface area contributed by atoms with E-state index in [4.69, 9.17) is 10.5 Å². The van der Waals surface area contributed by atoms with Gasteiger partial charge in [-0.1, -0.05) is 31.7 Å². The number of ether oxygens (including phenoxy) is 1. The number of hydrogen-bond donors (Lipinski definition) is 5.